The van der Waals surface area contributed by atoms with E-state index in [9.17, 15) is 9.90 Å². The number of hydrogen-bond donors (Lipinski definition) is 2. The van der Waals surface area contributed by atoms with Gasteiger partial charge in [-0.25, -0.2) is 5.43 Å². The fourth-order valence-corrected chi connectivity index (χ4v) is 2.49. The van der Waals surface area contributed by atoms with Gasteiger partial charge in [-0.05, 0) is 48.2 Å². The quantitative estimate of drug-likeness (QED) is 0.561. The van der Waals surface area contributed by atoms with Gasteiger partial charge in [-0.1, -0.05) is 41.9 Å². The molecule has 0 aliphatic rings. The number of carbonyl (C=O) groups is 1. The van der Waals surface area contributed by atoms with Crippen molar-refractivity contribution in [2.24, 2.45) is 5.10 Å². The lowest BCUT2D eigenvalue weighted by molar-refractivity contribution is -0.123. The van der Waals surface area contributed by atoms with Crippen LogP contribution in [0.1, 0.15) is 36.5 Å². The van der Waals surface area contributed by atoms with Crippen LogP contribution in [0.25, 0.3) is 0 Å². The van der Waals surface area contributed by atoms with Crippen molar-refractivity contribution < 1.29 is 14.6 Å². The molecule has 0 unspecified atom stereocenters. The molecule has 25 heavy (non-hydrogen) atoms. The Morgan fingerprint density at radius 3 is 2.80 bits per heavy atom. The SMILES string of the molecule is Cc1ccc(C(C)C)cc1OCC(=O)NN=Cc1cc(Br)ccc1O. The Hall–Kier alpha value is -2.34. The fraction of sp³-hybridized carbons (Fsp3) is 0.263. The van der Waals surface area contributed by atoms with Crippen LogP contribution < -0.4 is 10.2 Å². The molecule has 0 spiro atoms. The van der Waals surface area contributed by atoms with Gasteiger partial charge in [-0.15, -0.1) is 0 Å². The summed E-state index contributed by atoms with van der Waals surface area (Å²) in [5.74, 6) is 0.785. The number of benzene rings is 2. The van der Waals surface area contributed by atoms with Gasteiger partial charge < -0.3 is 9.84 Å². The van der Waals surface area contributed by atoms with E-state index in [1.807, 2.05) is 19.1 Å². The predicted octanol–water partition coefficient (Wildman–Crippen LogP) is 4.12. The van der Waals surface area contributed by atoms with Crippen molar-refractivity contribution in [2.75, 3.05) is 6.61 Å². The van der Waals surface area contributed by atoms with Crippen molar-refractivity contribution in [3.05, 3.63) is 57.6 Å². The molecule has 0 atom stereocenters. The van der Waals surface area contributed by atoms with Crippen LogP contribution in [0.5, 0.6) is 11.5 Å². The highest BCUT2D eigenvalue weighted by molar-refractivity contribution is 9.10. The summed E-state index contributed by atoms with van der Waals surface area (Å²) in [5.41, 5.74) is 5.01. The number of carbonyl (C=O) groups excluding carboxylic acids is 1. The molecule has 0 saturated carbocycles. The van der Waals surface area contributed by atoms with E-state index in [1.165, 1.54) is 6.21 Å². The number of phenols is 1. The van der Waals surface area contributed by atoms with Gasteiger partial charge in [0.05, 0.1) is 6.21 Å². The normalized spacial score (nSPS) is 11.1. The summed E-state index contributed by atoms with van der Waals surface area (Å²) in [6, 6.07) is 10.9. The summed E-state index contributed by atoms with van der Waals surface area (Å²) in [6.45, 7) is 6.01. The smallest absolute Gasteiger partial charge is 0.277 e. The van der Waals surface area contributed by atoms with Crippen LogP contribution in [0.3, 0.4) is 0 Å². The molecule has 0 fully saturated rings. The molecule has 0 radical (unpaired) electrons. The Morgan fingerprint density at radius 1 is 1.32 bits per heavy atom. The molecule has 132 valence electrons. The maximum absolute atomic E-state index is 11.9. The second-order valence-electron chi connectivity index (χ2n) is 5.96. The zero-order chi connectivity index (χ0) is 18.4. The van der Waals surface area contributed by atoms with Crippen molar-refractivity contribution in [1.29, 1.82) is 0 Å². The summed E-state index contributed by atoms with van der Waals surface area (Å²) in [5, 5.41) is 13.5. The Bertz CT molecular complexity index is 788. The number of hydrazone groups is 1. The van der Waals surface area contributed by atoms with E-state index in [0.717, 1.165) is 15.6 Å². The Kier molecular flexibility index (Phi) is 6.58. The van der Waals surface area contributed by atoms with Crippen LogP contribution in [0.2, 0.25) is 0 Å². The largest absolute Gasteiger partial charge is 0.507 e. The average molecular weight is 405 g/mol. The minimum atomic E-state index is -0.375. The van der Waals surface area contributed by atoms with Crippen molar-refractivity contribution >= 4 is 28.1 Å². The van der Waals surface area contributed by atoms with Gasteiger partial charge in [-0.3, -0.25) is 4.79 Å². The summed E-state index contributed by atoms with van der Waals surface area (Å²) < 4.78 is 6.40. The molecule has 2 N–H and O–H groups in total. The van der Waals surface area contributed by atoms with Gasteiger partial charge in [0.2, 0.25) is 0 Å². The number of hydrogen-bond acceptors (Lipinski definition) is 4. The third kappa shape index (κ3) is 5.60. The summed E-state index contributed by atoms with van der Waals surface area (Å²) in [7, 11) is 0. The van der Waals surface area contributed by atoms with Crippen molar-refractivity contribution in [3.63, 3.8) is 0 Å². The third-order valence-electron chi connectivity index (χ3n) is 3.62. The topological polar surface area (TPSA) is 70.9 Å². The van der Waals surface area contributed by atoms with Crippen molar-refractivity contribution in [2.45, 2.75) is 26.7 Å². The van der Waals surface area contributed by atoms with E-state index in [4.69, 9.17) is 4.74 Å². The fourth-order valence-electron chi connectivity index (χ4n) is 2.11. The summed E-state index contributed by atoms with van der Waals surface area (Å²) >= 11 is 3.31. The second kappa shape index (κ2) is 8.67. The molecule has 0 aliphatic heterocycles. The molecule has 0 bridgehead atoms. The summed E-state index contributed by atoms with van der Waals surface area (Å²) in [4.78, 5) is 11.9. The number of ether oxygens (including phenoxy) is 1. The van der Waals surface area contributed by atoms with Gasteiger partial charge >= 0.3 is 0 Å². The van der Waals surface area contributed by atoms with Gasteiger partial charge in [0.15, 0.2) is 6.61 Å². The number of aryl methyl sites for hydroxylation is 1. The zero-order valence-electron chi connectivity index (χ0n) is 14.4. The van der Waals surface area contributed by atoms with Crippen LogP contribution in [0, 0.1) is 6.92 Å². The highest BCUT2D eigenvalue weighted by Gasteiger charge is 2.07. The van der Waals surface area contributed by atoms with Gasteiger partial charge in [0.1, 0.15) is 11.5 Å². The van der Waals surface area contributed by atoms with Crippen molar-refractivity contribution in [3.8, 4) is 11.5 Å². The molecule has 2 aromatic carbocycles. The first-order valence-electron chi connectivity index (χ1n) is 7.90. The van der Waals surface area contributed by atoms with Crippen LogP contribution in [-0.4, -0.2) is 23.8 Å². The molecule has 2 aromatic rings. The minimum absolute atomic E-state index is 0.0820. The summed E-state index contributed by atoms with van der Waals surface area (Å²) in [6.07, 6.45) is 1.38. The molecule has 0 heterocycles. The first kappa shape index (κ1) is 19.0. The molecular formula is C19H21BrN2O3. The van der Waals surface area contributed by atoms with E-state index in [1.54, 1.807) is 18.2 Å². The lowest BCUT2D eigenvalue weighted by Crippen LogP contribution is -2.24. The number of halogens is 1. The monoisotopic (exact) mass is 404 g/mol. The van der Waals surface area contributed by atoms with Gasteiger partial charge in [0, 0.05) is 10.0 Å². The second-order valence-corrected chi connectivity index (χ2v) is 6.88. The molecular weight excluding hydrogens is 384 g/mol. The number of rotatable bonds is 6. The van der Waals surface area contributed by atoms with E-state index in [-0.39, 0.29) is 18.3 Å². The molecule has 0 aromatic heterocycles. The maximum Gasteiger partial charge on any atom is 0.277 e. The molecule has 0 aliphatic carbocycles. The number of amides is 1. The predicted molar refractivity (Wildman–Crippen MR) is 102 cm³/mol. The van der Waals surface area contributed by atoms with Crippen LogP contribution in [0.4, 0.5) is 0 Å². The van der Waals surface area contributed by atoms with Crippen LogP contribution in [0.15, 0.2) is 46.0 Å². The molecule has 5 nitrogen and oxygen atoms in total. The lowest BCUT2D eigenvalue weighted by atomic mass is 10.0. The standard InChI is InChI=1S/C19H21BrN2O3/c1-12(2)14-5-4-13(3)18(9-14)25-11-19(24)22-21-10-15-8-16(20)6-7-17(15)23/h4-10,12,23H,11H2,1-3H3,(H,22,24). The Morgan fingerprint density at radius 2 is 2.08 bits per heavy atom. The average Bonchev–Trinajstić information content (AvgIpc) is 2.57. The number of aromatic hydroxyl groups is 1. The Balaban J connectivity index is 1.92. The number of phenolic OH excluding ortho intramolecular Hbond substituents is 1. The molecule has 1 amide bonds. The molecule has 2 rings (SSSR count). The number of nitrogens with one attached hydrogen (secondary N) is 1. The Labute approximate surface area is 155 Å². The first-order chi connectivity index (χ1) is 11.9. The molecule has 6 heteroatoms. The minimum Gasteiger partial charge on any atom is -0.507 e. The highest BCUT2D eigenvalue weighted by Crippen LogP contribution is 2.24. The molecule has 0 saturated heterocycles. The first-order valence-corrected chi connectivity index (χ1v) is 8.70. The van der Waals surface area contributed by atoms with Gasteiger partial charge in [-0.2, -0.15) is 5.10 Å². The lowest BCUT2D eigenvalue weighted by Gasteiger charge is -2.12. The zero-order valence-corrected chi connectivity index (χ0v) is 16.0. The van der Waals surface area contributed by atoms with Crippen molar-refractivity contribution in [1.82, 2.24) is 5.43 Å². The third-order valence-corrected chi connectivity index (χ3v) is 4.11. The van der Waals surface area contributed by atoms with E-state index < -0.39 is 0 Å². The number of nitrogens with zero attached hydrogens (tertiary/aromatic N) is 1. The van der Waals surface area contributed by atoms with Crippen LogP contribution in [-0.2, 0) is 4.79 Å². The maximum atomic E-state index is 11.9. The van der Waals surface area contributed by atoms with Crippen LogP contribution >= 0.6 is 15.9 Å². The van der Waals surface area contributed by atoms with Gasteiger partial charge in [0.25, 0.3) is 5.91 Å². The van der Waals surface area contributed by atoms with E-state index in [0.29, 0.717) is 17.2 Å². The van der Waals surface area contributed by atoms with E-state index >= 15 is 0 Å². The highest BCUT2D eigenvalue weighted by atomic mass is 79.9. The van der Waals surface area contributed by atoms with E-state index in [2.05, 4.69) is 46.4 Å².